The molecule has 0 unspecified atom stereocenters. The van der Waals surface area contributed by atoms with Crippen LogP contribution in [0.5, 0.6) is 0 Å². The lowest BCUT2D eigenvalue weighted by Gasteiger charge is -2.30. The molecule has 2 heterocycles. The zero-order valence-electron chi connectivity index (χ0n) is 18.2. The van der Waals surface area contributed by atoms with Crippen LogP contribution >= 0.6 is 0 Å². The average molecular weight is 451 g/mol. The second-order valence-electron chi connectivity index (χ2n) is 9.63. The van der Waals surface area contributed by atoms with Crippen LogP contribution in [0, 0.1) is 5.41 Å². The van der Waals surface area contributed by atoms with E-state index in [0.717, 1.165) is 0 Å². The van der Waals surface area contributed by atoms with Gasteiger partial charge in [0.15, 0.2) is 11.4 Å². The Balaban J connectivity index is 1.77. The highest BCUT2D eigenvalue weighted by atomic mass is 19.4. The number of pyridine rings is 1. The molecular formula is C22H28F3N5O2. The van der Waals surface area contributed by atoms with E-state index in [2.05, 4.69) is 15.4 Å². The van der Waals surface area contributed by atoms with Gasteiger partial charge in [0.2, 0.25) is 0 Å². The molecule has 2 aromatic heterocycles. The Labute approximate surface area is 184 Å². The molecule has 0 saturated heterocycles. The highest BCUT2D eigenvalue weighted by Crippen LogP contribution is 2.42. The van der Waals surface area contributed by atoms with Crippen molar-refractivity contribution in [3.63, 3.8) is 0 Å². The third-order valence-corrected chi connectivity index (χ3v) is 6.46. The van der Waals surface area contributed by atoms with E-state index in [0.29, 0.717) is 62.0 Å². The number of aliphatic hydroxyl groups is 1. The smallest absolute Gasteiger partial charge is 0.393 e. The van der Waals surface area contributed by atoms with Gasteiger partial charge in [0.25, 0.3) is 5.91 Å². The fourth-order valence-electron chi connectivity index (χ4n) is 4.69. The lowest BCUT2D eigenvalue weighted by atomic mass is 9.76. The molecule has 0 atom stereocenters. The van der Waals surface area contributed by atoms with Gasteiger partial charge in [-0.2, -0.15) is 18.3 Å². The summed E-state index contributed by atoms with van der Waals surface area (Å²) in [5.41, 5.74) is 5.95. The minimum atomic E-state index is -4.55. The largest absolute Gasteiger partial charge is 0.435 e. The Morgan fingerprint density at radius 3 is 2.59 bits per heavy atom. The molecule has 0 spiro atoms. The summed E-state index contributed by atoms with van der Waals surface area (Å²) >= 11 is 0. The summed E-state index contributed by atoms with van der Waals surface area (Å²) in [6, 6.07) is 1.59. The number of hydrogen-bond donors (Lipinski definition) is 3. The predicted octanol–water partition coefficient (Wildman–Crippen LogP) is 3.62. The van der Waals surface area contributed by atoms with Crippen molar-refractivity contribution in [2.24, 2.45) is 11.1 Å². The SMILES string of the molecule is CC1(C)CCc2c(C(F)(F)F)nn(-c3cnc(C(N)=O)c(NC4CCC(O)CC4)c3)c2C1. The van der Waals surface area contributed by atoms with Crippen LogP contribution in [-0.4, -0.2) is 37.9 Å². The van der Waals surface area contributed by atoms with Crippen molar-refractivity contribution in [2.75, 3.05) is 5.32 Å². The molecule has 10 heteroatoms. The van der Waals surface area contributed by atoms with Crippen LogP contribution in [0.4, 0.5) is 18.9 Å². The number of nitrogens with zero attached hydrogens (tertiary/aromatic N) is 3. The molecule has 0 bridgehead atoms. The normalized spacial score (nSPS) is 22.9. The highest BCUT2D eigenvalue weighted by molar-refractivity contribution is 5.96. The summed E-state index contributed by atoms with van der Waals surface area (Å²) in [4.78, 5) is 16.1. The van der Waals surface area contributed by atoms with Gasteiger partial charge in [-0.25, -0.2) is 9.67 Å². The van der Waals surface area contributed by atoms with Gasteiger partial charge in [-0.15, -0.1) is 0 Å². The topological polar surface area (TPSA) is 106 Å². The van der Waals surface area contributed by atoms with Gasteiger partial charge < -0.3 is 16.2 Å². The van der Waals surface area contributed by atoms with E-state index in [1.165, 1.54) is 10.9 Å². The number of anilines is 1. The first kappa shape index (κ1) is 22.6. The number of carbonyl (C=O) groups excluding carboxylic acids is 1. The maximum atomic E-state index is 13.7. The quantitative estimate of drug-likeness (QED) is 0.659. The molecule has 1 saturated carbocycles. The van der Waals surface area contributed by atoms with Gasteiger partial charge >= 0.3 is 6.18 Å². The predicted molar refractivity (Wildman–Crippen MR) is 113 cm³/mol. The summed E-state index contributed by atoms with van der Waals surface area (Å²) in [5.74, 6) is -0.727. The van der Waals surface area contributed by atoms with E-state index < -0.39 is 17.8 Å². The van der Waals surface area contributed by atoms with E-state index in [1.54, 1.807) is 6.07 Å². The molecule has 1 amide bonds. The van der Waals surface area contributed by atoms with Crippen LogP contribution in [0.1, 0.15) is 73.4 Å². The summed E-state index contributed by atoms with van der Waals surface area (Å²) in [6.07, 6.45) is 0.514. The Hall–Kier alpha value is -2.62. The number of rotatable bonds is 4. The fraction of sp³-hybridized carbons (Fsp3) is 0.591. The molecule has 0 aromatic carbocycles. The van der Waals surface area contributed by atoms with E-state index >= 15 is 0 Å². The second kappa shape index (κ2) is 8.06. The Morgan fingerprint density at radius 2 is 1.97 bits per heavy atom. The first-order valence-electron chi connectivity index (χ1n) is 10.9. The molecule has 174 valence electrons. The van der Waals surface area contributed by atoms with Crippen molar-refractivity contribution in [3.05, 3.63) is 34.9 Å². The average Bonchev–Trinajstić information content (AvgIpc) is 3.07. The van der Waals surface area contributed by atoms with Crippen molar-refractivity contribution >= 4 is 11.6 Å². The highest BCUT2D eigenvalue weighted by Gasteiger charge is 2.42. The van der Waals surface area contributed by atoms with Gasteiger partial charge in [-0.3, -0.25) is 4.79 Å². The molecule has 7 nitrogen and oxygen atoms in total. The maximum absolute atomic E-state index is 13.7. The van der Waals surface area contributed by atoms with Crippen molar-refractivity contribution in [3.8, 4) is 5.69 Å². The first-order chi connectivity index (χ1) is 14.9. The number of nitrogens with one attached hydrogen (secondary N) is 1. The van der Waals surface area contributed by atoms with Gasteiger partial charge in [-0.1, -0.05) is 13.8 Å². The number of hydrogen-bond acceptors (Lipinski definition) is 5. The summed E-state index contributed by atoms with van der Waals surface area (Å²) < 4.78 is 42.4. The number of carbonyl (C=O) groups is 1. The second-order valence-corrected chi connectivity index (χ2v) is 9.63. The van der Waals surface area contributed by atoms with Gasteiger partial charge in [0, 0.05) is 17.3 Å². The van der Waals surface area contributed by atoms with E-state index in [-0.39, 0.29) is 28.8 Å². The molecular weight excluding hydrogens is 423 g/mol. The Bertz CT molecular complexity index is 1020. The first-order valence-corrected chi connectivity index (χ1v) is 10.9. The van der Waals surface area contributed by atoms with E-state index in [4.69, 9.17) is 5.73 Å². The number of aliphatic hydroxyl groups excluding tert-OH is 1. The molecule has 2 aromatic rings. The van der Waals surface area contributed by atoms with E-state index in [9.17, 15) is 23.1 Å². The van der Waals surface area contributed by atoms with Crippen LogP contribution < -0.4 is 11.1 Å². The molecule has 2 aliphatic rings. The van der Waals surface area contributed by atoms with Crippen LogP contribution in [0.25, 0.3) is 5.69 Å². The molecule has 32 heavy (non-hydrogen) atoms. The maximum Gasteiger partial charge on any atom is 0.435 e. The molecule has 1 fully saturated rings. The fourth-order valence-corrected chi connectivity index (χ4v) is 4.69. The minimum absolute atomic E-state index is 0.00440. The van der Waals surface area contributed by atoms with Crippen molar-refractivity contribution in [1.29, 1.82) is 0 Å². The number of alkyl halides is 3. The standard InChI is InChI=1S/C22H28F3N5O2/c1-21(2)8-7-15-17(10-21)30(29-19(15)22(23,24)25)13-9-16(18(20(26)32)27-11-13)28-12-3-5-14(31)6-4-12/h9,11-12,14,28,31H,3-8,10H2,1-2H3,(H2,26,32). The minimum Gasteiger partial charge on any atom is -0.393 e. The third kappa shape index (κ3) is 4.46. The van der Waals surface area contributed by atoms with E-state index in [1.807, 2.05) is 13.8 Å². The zero-order chi connectivity index (χ0) is 23.3. The lowest BCUT2D eigenvalue weighted by Crippen LogP contribution is -2.29. The van der Waals surface area contributed by atoms with Crippen LogP contribution in [0.2, 0.25) is 0 Å². The van der Waals surface area contributed by atoms with Crippen molar-refractivity contribution in [1.82, 2.24) is 14.8 Å². The van der Waals surface area contributed by atoms with Gasteiger partial charge in [0.05, 0.1) is 23.7 Å². The van der Waals surface area contributed by atoms with Crippen molar-refractivity contribution in [2.45, 2.75) is 77.1 Å². The number of aromatic nitrogens is 3. The lowest BCUT2D eigenvalue weighted by molar-refractivity contribution is -0.142. The molecule has 4 N–H and O–H groups in total. The van der Waals surface area contributed by atoms with Crippen LogP contribution in [0.3, 0.4) is 0 Å². The number of fused-ring (bicyclic) bond motifs is 1. The van der Waals surface area contributed by atoms with Gasteiger partial charge in [0.1, 0.15) is 0 Å². The van der Waals surface area contributed by atoms with Crippen LogP contribution in [0.15, 0.2) is 12.3 Å². The monoisotopic (exact) mass is 451 g/mol. The molecule has 2 aliphatic carbocycles. The number of primary amides is 1. The van der Waals surface area contributed by atoms with Gasteiger partial charge in [-0.05, 0) is 56.4 Å². The zero-order valence-corrected chi connectivity index (χ0v) is 18.2. The number of nitrogens with two attached hydrogens (primary N) is 1. The molecule has 4 rings (SSSR count). The third-order valence-electron chi connectivity index (χ3n) is 6.46. The summed E-state index contributed by atoms with van der Waals surface area (Å²) in [5, 5.41) is 16.9. The van der Waals surface area contributed by atoms with Crippen molar-refractivity contribution < 1.29 is 23.1 Å². The summed E-state index contributed by atoms with van der Waals surface area (Å²) in [7, 11) is 0. The number of halogens is 3. The Morgan fingerprint density at radius 1 is 1.28 bits per heavy atom. The number of amides is 1. The molecule has 0 radical (unpaired) electrons. The Kier molecular flexibility index (Phi) is 5.68. The summed E-state index contributed by atoms with van der Waals surface area (Å²) in [6.45, 7) is 4.05. The molecule has 0 aliphatic heterocycles. The van der Waals surface area contributed by atoms with Crippen LogP contribution in [-0.2, 0) is 19.0 Å².